The summed E-state index contributed by atoms with van der Waals surface area (Å²) in [4.78, 5) is 5.34. The molecule has 0 aromatic carbocycles. The molecule has 0 fully saturated rings. The van der Waals surface area contributed by atoms with E-state index >= 15 is 0 Å². The van der Waals surface area contributed by atoms with Crippen LogP contribution in [0.1, 0.15) is 54.7 Å². The van der Waals surface area contributed by atoms with Crippen molar-refractivity contribution in [1.29, 1.82) is 0 Å². The second kappa shape index (κ2) is 8.82. The maximum atomic E-state index is 12.1. The van der Waals surface area contributed by atoms with Crippen LogP contribution in [0, 0.1) is 13.8 Å². The summed E-state index contributed by atoms with van der Waals surface area (Å²) in [5, 5.41) is 4.24. The second-order valence-corrected chi connectivity index (χ2v) is 8.41. The number of aryl methyl sites for hydroxylation is 2. The molecule has 0 bridgehead atoms. The van der Waals surface area contributed by atoms with E-state index in [9.17, 15) is 8.42 Å². The van der Waals surface area contributed by atoms with Gasteiger partial charge in [-0.05, 0) is 53.1 Å². The number of hydrogen-bond donors (Lipinski definition) is 2. The number of nitrogens with one attached hydrogen (secondary N) is 2. The predicted octanol–water partition coefficient (Wildman–Crippen LogP) is 2.52. The minimum absolute atomic E-state index is 0.183. The maximum absolute atomic E-state index is 12.1. The molecule has 0 amide bonds. The zero-order chi connectivity index (χ0) is 15.9. The fourth-order valence-corrected chi connectivity index (χ4v) is 4.54. The summed E-state index contributed by atoms with van der Waals surface area (Å²) < 4.78 is 26.9. The Bertz CT molecular complexity index is 526. The highest BCUT2D eigenvalue weighted by Gasteiger charge is 2.19. The SMILES string of the molecule is CCCNCCCCS(=O)(=O)NC(C)c1sc(C)nc1C. The van der Waals surface area contributed by atoms with E-state index in [1.807, 2.05) is 20.8 Å². The van der Waals surface area contributed by atoms with Crippen molar-refractivity contribution in [2.75, 3.05) is 18.8 Å². The average Bonchev–Trinajstić information content (AvgIpc) is 2.72. The molecule has 0 saturated carbocycles. The highest BCUT2D eigenvalue weighted by molar-refractivity contribution is 7.89. The molecule has 7 heteroatoms. The number of hydrogen-bond acceptors (Lipinski definition) is 5. The topological polar surface area (TPSA) is 71.1 Å². The summed E-state index contributed by atoms with van der Waals surface area (Å²) in [5.74, 6) is 0.183. The molecule has 1 atom stereocenters. The van der Waals surface area contributed by atoms with Gasteiger partial charge >= 0.3 is 0 Å². The first-order valence-electron chi connectivity index (χ1n) is 7.50. The molecule has 122 valence electrons. The van der Waals surface area contributed by atoms with Crippen molar-refractivity contribution >= 4 is 21.4 Å². The van der Waals surface area contributed by atoms with Gasteiger partial charge in [0.15, 0.2) is 0 Å². The molecule has 1 aromatic heterocycles. The molecule has 1 rings (SSSR count). The van der Waals surface area contributed by atoms with E-state index in [4.69, 9.17) is 0 Å². The quantitative estimate of drug-likeness (QED) is 0.646. The summed E-state index contributed by atoms with van der Waals surface area (Å²) in [5.41, 5.74) is 0.913. The Morgan fingerprint density at radius 3 is 2.52 bits per heavy atom. The lowest BCUT2D eigenvalue weighted by atomic mass is 10.2. The van der Waals surface area contributed by atoms with Crippen LogP contribution in [0.2, 0.25) is 0 Å². The van der Waals surface area contributed by atoms with E-state index < -0.39 is 10.0 Å². The van der Waals surface area contributed by atoms with Crippen molar-refractivity contribution in [3.05, 3.63) is 15.6 Å². The lowest BCUT2D eigenvalue weighted by molar-refractivity contribution is 0.560. The van der Waals surface area contributed by atoms with Crippen molar-refractivity contribution in [1.82, 2.24) is 15.0 Å². The van der Waals surface area contributed by atoms with Gasteiger partial charge in [0, 0.05) is 4.88 Å². The number of rotatable bonds is 10. The summed E-state index contributed by atoms with van der Waals surface area (Å²) in [6.07, 6.45) is 2.67. The molecule has 1 aromatic rings. The molecule has 5 nitrogen and oxygen atoms in total. The van der Waals surface area contributed by atoms with Crippen LogP contribution in [-0.4, -0.2) is 32.2 Å². The molecular formula is C14H27N3O2S2. The minimum atomic E-state index is -3.23. The Hall–Kier alpha value is -0.500. The van der Waals surface area contributed by atoms with Gasteiger partial charge in [-0.2, -0.15) is 0 Å². The summed E-state index contributed by atoms with van der Waals surface area (Å²) >= 11 is 1.55. The highest BCUT2D eigenvalue weighted by Crippen LogP contribution is 2.24. The van der Waals surface area contributed by atoms with Gasteiger partial charge in [0.1, 0.15) is 0 Å². The van der Waals surface area contributed by atoms with Crippen LogP contribution in [0.25, 0.3) is 0 Å². The monoisotopic (exact) mass is 333 g/mol. The van der Waals surface area contributed by atoms with Crippen molar-refractivity contribution in [3.63, 3.8) is 0 Å². The van der Waals surface area contributed by atoms with Gasteiger partial charge in [-0.25, -0.2) is 18.1 Å². The largest absolute Gasteiger partial charge is 0.317 e. The van der Waals surface area contributed by atoms with Crippen LogP contribution in [-0.2, 0) is 10.0 Å². The highest BCUT2D eigenvalue weighted by atomic mass is 32.2. The predicted molar refractivity (Wildman–Crippen MR) is 89.3 cm³/mol. The Morgan fingerprint density at radius 2 is 1.95 bits per heavy atom. The van der Waals surface area contributed by atoms with Gasteiger partial charge in [-0.3, -0.25) is 0 Å². The van der Waals surface area contributed by atoms with E-state index in [1.54, 1.807) is 11.3 Å². The van der Waals surface area contributed by atoms with Gasteiger partial charge < -0.3 is 5.32 Å². The molecule has 1 unspecified atom stereocenters. The molecule has 0 spiro atoms. The number of unbranched alkanes of at least 4 members (excludes halogenated alkanes) is 1. The molecular weight excluding hydrogens is 306 g/mol. The summed E-state index contributed by atoms with van der Waals surface area (Å²) in [6, 6.07) is -0.209. The second-order valence-electron chi connectivity index (χ2n) is 5.30. The first-order chi connectivity index (χ1) is 9.85. The van der Waals surface area contributed by atoms with Crippen LogP contribution < -0.4 is 10.0 Å². The van der Waals surface area contributed by atoms with E-state index in [2.05, 4.69) is 21.9 Å². The van der Waals surface area contributed by atoms with Gasteiger partial charge in [0.05, 0.1) is 22.5 Å². The molecule has 21 heavy (non-hydrogen) atoms. The molecule has 0 aliphatic heterocycles. The zero-order valence-electron chi connectivity index (χ0n) is 13.4. The van der Waals surface area contributed by atoms with E-state index in [-0.39, 0.29) is 11.8 Å². The number of aromatic nitrogens is 1. The van der Waals surface area contributed by atoms with Crippen LogP contribution >= 0.6 is 11.3 Å². The smallest absolute Gasteiger partial charge is 0.212 e. The summed E-state index contributed by atoms with van der Waals surface area (Å²) in [7, 11) is -3.23. The first kappa shape index (κ1) is 18.5. The van der Waals surface area contributed by atoms with Crippen LogP contribution in [0.15, 0.2) is 0 Å². The fraction of sp³-hybridized carbons (Fsp3) is 0.786. The third-order valence-corrected chi connectivity index (χ3v) is 5.93. The molecule has 2 N–H and O–H groups in total. The third kappa shape index (κ3) is 6.86. The van der Waals surface area contributed by atoms with Gasteiger partial charge in [0.2, 0.25) is 10.0 Å². The minimum Gasteiger partial charge on any atom is -0.317 e. The Labute approximate surface area is 132 Å². The molecule has 0 saturated heterocycles. The molecule has 0 aliphatic carbocycles. The third-order valence-electron chi connectivity index (χ3n) is 3.13. The molecule has 0 radical (unpaired) electrons. The van der Waals surface area contributed by atoms with Gasteiger partial charge in [-0.15, -0.1) is 11.3 Å². The van der Waals surface area contributed by atoms with Gasteiger partial charge in [0.25, 0.3) is 0 Å². The lowest BCUT2D eigenvalue weighted by Gasteiger charge is -2.13. The number of nitrogens with zero attached hydrogens (tertiary/aromatic N) is 1. The van der Waals surface area contributed by atoms with Crippen LogP contribution in [0.3, 0.4) is 0 Å². The van der Waals surface area contributed by atoms with Crippen LogP contribution in [0.5, 0.6) is 0 Å². The number of thiazole rings is 1. The number of sulfonamides is 1. The zero-order valence-corrected chi connectivity index (χ0v) is 15.0. The van der Waals surface area contributed by atoms with Crippen molar-refractivity contribution in [2.45, 2.75) is 53.0 Å². The standard InChI is InChI=1S/C14H27N3O2S2/c1-5-8-15-9-6-7-10-21(18,19)17-12(3)14-11(2)16-13(4)20-14/h12,15,17H,5-10H2,1-4H3. The molecule has 1 heterocycles. The Balaban J connectivity index is 2.40. The Kier molecular flexibility index (Phi) is 7.79. The fourth-order valence-electron chi connectivity index (χ4n) is 2.17. The van der Waals surface area contributed by atoms with E-state index in [0.29, 0.717) is 6.42 Å². The maximum Gasteiger partial charge on any atom is 0.212 e. The Morgan fingerprint density at radius 1 is 1.24 bits per heavy atom. The normalized spacial score (nSPS) is 13.5. The lowest BCUT2D eigenvalue weighted by Crippen LogP contribution is -2.29. The average molecular weight is 334 g/mol. The van der Waals surface area contributed by atoms with Crippen molar-refractivity contribution < 1.29 is 8.42 Å². The summed E-state index contributed by atoms with van der Waals surface area (Å²) in [6.45, 7) is 9.72. The van der Waals surface area contributed by atoms with Crippen molar-refractivity contribution in [3.8, 4) is 0 Å². The van der Waals surface area contributed by atoms with Gasteiger partial charge in [-0.1, -0.05) is 6.92 Å². The van der Waals surface area contributed by atoms with Crippen LogP contribution in [0.4, 0.5) is 0 Å². The van der Waals surface area contributed by atoms with E-state index in [0.717, 1.165) is 41.5 Å². The first-order valence-corrected chi connectivity index (χ1v) is 9.97. The van der Waals surface area contributed by atoms with Crippen molar-refractivity contribution in [2.24, 2.45) is 0 Å². The molecule has 0 aliphatic rings. The van der Waals surface area contributed by atoms with E-state index in [1.165, 1.54) is 0 Å².